The van der Waals surface area contributed by atoms with E-state index in [-0.39, 0.29) is 6.61 Å². The molecule has 2 heterocycles. The van der Waals surface area contributed by atoms with Crippen LogP contribution in [0.4, 0.5) is 24.5 Å². The first-order valence-corrected chi connectivity index (χ1v) is 7.36. The number of rotatable bonds is 0. The van der Waals surface area contributed by atoms with Crippen LogP contribution in [0.15, 0.2) is 36.4 Å². The van der Waals surface area contributed by atoms with Crippen LogP contribution in [0.1, 0.15) is 29.2 Å². The lowest BCUT2D eigenvalue weighted by atomic mass is 9.95. The van der Waals surface area contributed by atoms with E-state index in [0.717, 1.165) is 28.9 Å². The SMILES string of the molecule is OC1CCN2c3cc(C(F)(F)F)ccc3OCc3cccc1c32. The van der Waals surface area contributed by atoms with Gasteiger partial charge in [-0.3, -0.25) is 0 Å². The first-order valence-electron chi connectivity index (χ1n) is 7.36. The van der Waals surface area contributed by atoms with E-state index in [4.69, 9.17) is 4.74 Å². The Balaban J connectivity index is 1.92. The van der Waals surface area contributed by atoms with Gasteiger partial charge in [0.25, 0.3) is 0 Å². The molecule has 0 bridgehead atoms. The summed E-state index contributed by atoms with van der Waals surface area (Å²) in [7, 11) is 0. The predicted octanol–water partition coefficient (Wildman–Crippen LogP) is 4.17. The monoisotopic (exact) mass is 321 g/mol. The molecule has 0 aliphatic carbocycles. The molecule has 0 spiro atoms. The fraction of sp³-hybridized carbons (Fsp3) is 0.294. The van der Waals surface area contributed by atoms with Gasteiger partial charge in [-0.2, -0.15) is 13.2 Å². The van der Waals surface area contributed by atoms with Crippen molar-refractivity contribution in [3.05, 3.63) is 53.1 Å². The van der Waals surface area contributed by atoms with E-state index in [0.29, 0.717) is 24.4 Å². The highest BCUT2D eigenvalue weighted by Gasteiger charge is 2.35. The minimum absolute atomic E-state index is 0.269. The molecule has 4 rings (SSSR count). The number of alkyl halides is 3. The van der Waals surface area contributed by atoms with Crippen molar-refractivity contribution in [3.63, 3.8) is 0 Å². The van der Waals surface area contributed by atoms with Crippen LogP contribution in [0, 0.1) is 0 Å². The molecule has 0 fully saturated rings. The summed E-state index contributed by atoms with van der Waals surface area (Å²) in [5, 5.41) is 10.2. The van der Waals surface area contributed by atoms with E-state index in [1.807, 2.05) is 23.1 Å². The van der Waals surface area contributed by atoms with Gasteiger partial charge in [-0.25, -0.2) is 0 Å². The number of nitrogens with zero attached hydrogens (tertiary/aromatic N) is 1. The first kappa shape index (κ1) is 14.4. The maximum absolute atomic E-state index is 13.0. The Labute approximate surface area is 130 Å². The third-order valence-corrected chi connectivity index (χ3v) is 4.37. The molecule has 1 atom stereocenters. The molecule has 120 valence electrons. The number of hydrogen-bond donors (Lipinski definition) is 1. The molecule has 0 saturated heterocycles. The van der Waals surface area contributed by atoms with E-state index in [1.165, 1.54) is 6.07 Å². The molecule has 23 heavy (non-hydrogen) atoms. The summed E-state index contributed by atoms with van der Waals surface area (Å²) in [6, 6.07) is 9.05. The van der Waals surface area contributed by atoms with Gasteiger partial charge in [0.2, 0.25) is 0 Å². The number of halogens is 3. The van der Waals surface area contributed by atoms with E-state index in [1.54, 1.807) is 0 Å². The Hall–Kier alpha value is -2.21. The number of hydrogen-bond acceptors (Lipinski definition) is 3. The highest BCUT2D eigenvalue weighted by molar-refractivity contribution is 5.77. The fourth-order valence-corrected chi connectivity index (χ4v) is 3.27. The third-order valence-electron chi connectivity index (χ3n) is 4.37. The molecule has 1 unspecified atom stereocenters. The second kappa shape index (κ2) is 4.89. The standard InChI is InChI=1S/C17H14F3NO2/c18-17(19,20)11-4-5-15-13(8-11)21-7-6-14(22)12-3-1-2-10(9-23-15)16(12)21/h1-5,8,14,22H,6-7,9H2. The van der Waals surface area contributed by atoms with Crippen molar-refractivity contribution >= 4 is 11.4 Å². The quantitative estimate of drug-likeness (QED) is 0.790. The Kier molecular flexibility index (Phi) is 3.06. The highest BCUT2D eigenvalue weighted by Crippen LogP contribution is 2.47. The zero-order chi connectivity index (χ0) is 16.2. The Morgan fingerprint density at radius 2 is 2.00 bits per heavy atom. The number of aliphatic hydroxyl groups is 1. The van der Waals surface area contributed by atoms with Gasteiger partial charge >= 0.3 is 6.18 Å². The molecular weight excluding hydrogens is 307 g/mol. The van der Waals surface area contributed by atoms with Gasteiger partial charge < -0.3 is 14.7 Å². The van der Waals surface area contributed by atoms with Gasteiger partial charge in [0.1, 0.15) is 12.4 Å². The van der Waals surface area contributed by atoms with E-state index in [2.05, 4.69) is 0 Å². The topological polar surface area (TPSA) is 32.7 Å². The first-order chi connectivity index (χ1) is 10.9. The van der Waals surface area contributed by atoms with Crippen molar-refractivity contribution in [2.75, 3.05) is 11.4 Å². The van der Waals surface area contributed by atoms with Crippen LogP contribution in [0.3, 0.4) is 0 Å². The van der Waals surface area contributed by atoms with E-state index in [9.17, 15) is 18.3 Å². The molecule has 2 aliphatic heterocycles. The summed E-state index contributed by atoms with van der Waals surface area (Å²) in [5.74, 6) is 0.427. The Morgan fingerprint density at radius 1 is 1.17 bits per heavy atom. The number of fused-ring (bicyclic) bond motifs is 2. The molecule has 0 radical (unpaired) electrons. The van der Waals surface area contributed by atoms with Crippen molar-refractivity contribution in [1.82, 2.24) is 0 Å². The second-order valence-corrected chi connectivity index (χ2v) is 5.78. The minimum Gasteiger partial charge on any atom is -0.487 e. The molecule has 3 nitrogen and oxygen atoms in total. The van der Waals surface area contributed by atoms with Crippen LogP contribution in [0.5, 0.6) is 5.75 Å². The van der Waals surface area contributed by atoms with Gasteiger partial charge in [0.05, 0.1) is 23.0 Å². The molecular formula is C17H14F3NO2. The third kappa shape index (κ3) is 2.25. The van der Waals surface area contributed by atoms with Gasteiger partial charge in [-0.05, 0) is 24.6 Å². The van der Waals surface area contributed by atoms with Crippen LogP contribution >= 0.6 is 0 Å². The van der Waals surface area contributed by atoms with Crippen LogP contribution in [-0.2, 0) is 12.8 Å². The second-order valence-electron chi connectivity index (χ2n) is 5.78. The van der Waals surface area contributed by atoms with Crippen molar-refractivity contribution in [1.29, 1.82) is 0 Å². The lowest BCUT2D eigenvalue weighted by Crippen LogP contribution is -2.27. The van der Waals surface area contributed by atoms with Crippen molar-refractivity contribution in [2.45, 2.75) is 25.3 Å². The van der Waals surface area contributed by atoms with E-state index < -0.39 is 17.8 Å². The predicted molar refractivity (Wildman–Crippen MR) is 78.8 cm³/mol. The molecule has 2 aromatic rings. The molecule has 0 aromatic heterocycles. The largest absolute Gasteiger partial charge is 0.487 e. The van der Waals surface area contributed by atoms with Gasteiger partial charge in [-0.1, -0.05) is 18.2 Å². The van der Waals surface area contributed by atoms with Crippen LogP contribution < -0.4 is 9.64 Å². The summed E-state index contributed by atoms with van der Waals surface area (Å²) in [5.41, 5.74) is 2.07. The van der Waals surface area contributed by atoms with Crippen LogP contribution in [-0.4, -0.2) is 11.7 Å². The summed E-state index contributed by atoms with van der Waals surface area (Å²) in [6.07, 6.45) is -4.54. The lowest BCUT2D eigenvalue weighted by molar-refractivity contribution is -0.137. The van der Waals surface area contributed by atoms with Crippen molar-refractivity contribution in [3.8, 4) is 5.75 Å². The minimum atomic E-state index is -4.40. The normalized spacial score (nSPS) is 19.5. The number of aliphatic hydroxyl groups excluding tert-OH is 1. The number of para-hydroxylation sites is 1. The molecule has 2 aliphatic rings. The average molecular weight is 321 g/mol. The van der Waals surface area contributed by atoms with Crippen molar-refractivity contribution < 1.29 is 23.0 Å². The highest BCUT2D eigenvalue weighted by atomic mass is 19.4. The summed E-state index contributed by atoms with van der Waals surface area (Å²) >= 11 is 0. The summed E-state index contributed by atoms with van der Waals surface area (Å²) < 4.78 is 44.8. The van der Waals surface area contributed by atoms with Gasteiger partial charge in [-0.15, -0.1) is 0 Å². The summed E-state index contributed by atoms with van der Waals surface area (Å²) in [6.45, 7) is 0.716. The van der Waals surface area contributed by atoms with Crippen LogP contribution in [0.2, 0.25) is 0 Å². The van der Waals surface area contributed by atoms with Crippen molar-refractivity contribution in [2.24, 2.45) is 0 Å². The average Bonchev–Trinajstić information content (AvgIpc) is 2.68. The smallest absolute Gasteiger partial charge is 0.416 e. The zero-order valence-corrected chi connectivity index (χ0v) is 12.1. The van der Waals surface area contributed by atoms with Gasteiger partial charge in [0.15, 0.2) is 0 Å². The molecule has 0 saturated carbocycles. The zero-order valence-electron chi connectivity index (χ0n) is 12.1. The molecule has 2 aromatic carbocycles. The fourth-order valence-electron chi connectivity index (χ4n) is 3.27. The molecule has 1 N–H and O–H groups in total. The van der Waals surface area contributed by atoms with Gasteiger partial charge in [0, 0.05) is 17.7 Å². The number of benzene rings is 2. The Morgan fingerprint density at radius 3 is 2.78 bits per heavy atom. The Bertz CT molecular complexity index is 773. The summed E-state index contributed by atoms with van der Waals surface area (Å²) in [4.78, 5) is 1.83. The maximum atomic E-state index is 13.0. The van der Waals surface area contributed by atoms with E-state index >= 15 is 0 Å². The molecule has 6 heteroatoms. The maximum Gasteiger partial charge on any atom is 0.416 e. The number of anilines is 2. The van der Waals surface area contributed by atoms with Crippen LogP contribution in [0.25, 0.3) is 0 Å². The number of ether oxygens (including phenoxy) is 1. The molecule has 0 amide bonds. The lowest BCUT2D eigenvalue weighted by Gasteiger charge is -2.34.